The van der Waals surface area contributed by atoms with Crippen LogP contribution < -0.4 is 29.1 Å². The number of imidazole rings is 4. The van der Waals surface area contributed by atoms with Crippen LogP contribution in [0.2, 0.25) is 0 Å². The molecule has 28 nitrogen and oxygen atoms in total. The van der Waals surface area contributed by atoms with Gasteiger partial charge >= 0.3 is 0 Å². The topological polar surface area (TPSA) is 261 Å². The minimum Gasteiger partial charge on any atom is -0.497 e. The summed E-state index contributed by atoms with van der Waals surface area (Å²) < 4.78 is 18.4. The average molecular weight is 1810 g/mol. The Hall–Kier alpha value is -16.3. The molecule has 0 atom stereocenters. The van der Waals surface area contributed by atoms with E-state index in [0.29, 0.717) is 71.3 Å². The third-order valence-corrected chi connectivity index (χ3v) is 24.5. The van der Waals surface area contributed by atoms with Crippen LogP contribution in [0.3, 0.4) is 0 Å². The Bertz CT molecular complexity index is 6290. The highest BCUT2D eigenvalue weighted by atomic mass is 16.5. The van der Waals surface area contributed by atoms with E-state index in [-0.39, 0.29) is 49.8 Å². The Morgan fingerprint density at radius 2 is 0.581 bits per heavy atom. The highest BCUT2D eigenvalue weighted by Gasteiger charge is 2.30. The Kier molecular flexibility index (Phi) is 29.5. The Labute approximate surface area is 792 Å². The van der Waals surface area contributed by atoms with Gasteiger partial charge in [-0.15, -0.1) is 5.10 Å². The van der Waals surface area contributed by atoms with Gasteiger partial charge in [-0.2, -0.15) is 5.10 Å². The Morgan fingerprint density at radius 3 is 0.890 bits per heavy atom. The van der Waals surface area contributed by atoms with Gasteiger partial charge < -0.3 is 66.9 Å². The standard InChI is InChI=1S/C28H29N5O2.C27H28N6O2.C27H27N5O.C26H26N6O/c1-21-7-6-10-23(17-21)25-19-33(28(30-25)22-8-4-3-5-9-22)20-27(34)32-15-13-31(14-16-32)26-18-24(35-2)11-12-29-26;1-20-7-6-10-22(15-20)23-17-33(27(30-23)21-8-4-3-5-9-21)18-26(34)32-13-11-31(12-14-32)24-16-25(35-2)29-19-28-24;1-21-8-7-11-23(18-21)24-19-32(27(29-24)22-9-3-2-4-10-22)20-26(33)31-16-14-30(15-17-31)25-12-5-6-13-28-25;1-20-7-5-10-22(17-20)23-18-32(26(28-23)21-8-3-2-4-9-21)19-25(33)31-15-13-30(14-16-31)24-11-6-12-27-29-24/h3-12,17-19H,13-16,20H2,1-2H3;3-10,15-17,19H,11-14,18H2,1-2H3;2-13,18-19H,14-17,20H2,1H3;2-12,17-18H,13-16,19H2,1H3. The van der Waals surface area contributed by atoms with Crippen LogP contribution in [-0.4, -0.2) is 231 Å². The van der Waals surface area contributed by atoms with Gasteiger partial charge in [0.15, 0.2) is 5.82 Å². The van der Waals surface area contributed by atoms with Crippen LogP contribution in [0.5, 0.6) is 11.6 Å². The van der Waals surface area contributed by atoms with Gasteiger partial charge in [0.25, 0.3) is 0 Å². The number of anilines is 4. The lowest BCUT2D eigenvalue weighted by Crippen LogP contribution is -2.49. The number of benzene rings is 8. The number of aryl methyl sites for hydroxylation is 4. The number of aromatic nitrogens is 14. The SMILES string of the molecule is COc1cc(N2CCN(C(=O)Cn3cc(-c4cccc(C)c4)nc3-c3ccccc3)CC2)ncn1.COc1ccnc(N2CCN(C(=O)Cn3cc(-c4cccc(C)c4)nc3-c3ccccc3)CC2)c1.Cc1cccc(-c2cn(CC(=O)N3CCN(c4ccccn4)CC3)c(-c3ccccc3)n2)c1.Cc1cccc(-c2cn(CC(=O)N3CCN(c4cccnn4)CC3)c(-c3ccccc3)n2)c1. The number of carbonyl (C=O) groups excluding carboxylic acids is 4. The second-order valence-corrected chi connectivity index (χ2v) is 34.0. The predicted molar refractivity (Wildman–Crippen MR) is 532 cm³/mol. The zero-order chi connectivity index (χ0) is 93.6. The molecule has 688 valence electrons. The molecule has 12 heterocycles. The smallest absolute Gasteiger partial charge is 0.242 e. The summed E-state index contributed by atoms with van der Waals surface area (Å²) in [7, 11) is 3.24. The number of nitrogens with zero attached hydrogens (tertiary/aromatic N) is 22. The molecule has 0 aliphatic carbocycles. The van der Waals surface area contributed by atoms with Crippen molar-refractivity contribution < 1.29 is 28.7 Å². The molecule has 4 fully saturated rings. The van der Waals surface area contributed by atoms with Crippen molar-refractivity contribution in [2.24, 2.45) is 0 Å². The normalized spacial score (nSPS) is 13.8. The molecule has 0 radical (unpaired) electrons. The number of rotatable bonds is 22. The third-order valence-electron chi connectivity index (χ3n) is 24.5. The Balaban J connectivity index is 0.000000126. The van der Waals surface area contributed by atoms with Crippen molar-refractivity contribution in [1.82, 2.24) is 87.9 Å². The van der Waals surface area contributed by atoms with Crippen LogP contribution >= 0.6 is 0 Å². The first kappa shape index (κ1) is 91.6. The van der Waals surface area contributed by atoms with Crippen molar-refractivity contribution in [2.75, 3.05) is 139 Å². The van der Waals surface area contributed by atoms with Crippen molar-refractivity contribution in [3.63, 3.8) is 0 Å². The second kappa shape index (κ2) is 43.9. The second-order valence-electron chi connectivity index (χ2n) is 34.0. The zero-order valence-corrected chi connectivity index (χ0v) is 77.5. The fourth-order valence-electron chi connectivity index (χ4n) is 17.2. The summed E-state index contributed by atoms with van der Waals surface area (Å²) in [6.07, 6.45) is 14.7. The quantitative estimate of drug-likeness (QED) is 0.0610. The summed E-state index contributed by atoms with van der Waals surface area (Å²) in [5.41, 5.74) is 16.4. The molecular weight excluding hydrogens is 1700 g/mol. The summed E-state index contributed by atoms with van der Waals surface area (Å²) in [6, 6.07) is 88.7. The maximum atomic E-state index is 13.3. The Morgan fingerprint density at radius 1 is 0.272 bits per heavy atom. The molecule has 4 aliphatic heterocycles. The first-order chi connectivity index (χ1) is 66.5. The number of amides is 4. The number of methoxy groups -OCH3 is 2. The highest BCUT2D eigenvalue weighted by molar-refractivity contribution is 5.81. The van der Waals surface area contributed by atoms with Crippen LogP contribution in [0.15, 0.2) is 317 Å². The number of hydrogen-bond donors (Lipinski definition) is 0. The molecule has 0 spiro atoms. The monoisotopic (exact) mass is 1810 g/mol. The van der Waals surface area contributed by atoms with E-state index < -0.39 is 0 Å². The fraction of sp³-hybridized carbons (Fsp3) is 0.241. The molecule has 28 heteroatoms. The molecule has 4 saturated heterocycles. The third kappa shape index (κ3) is 23.1. The summed E-state index contributed by atoms with van der Waals surface area (Å²) in [5, 5.41) is 8.14. The molecule has 20 rings (SSSR count). The minimum absolute atomic E-state index is 0.0790. The number of hydrogen-bond acceptors (Lipinski definition) is 20. The summed E-state index contributed by atoms with van der Waals surface area (Å²) in [4.78, 5) is 107. The molecule has 0 N–H and O–H groups in total. The van der Waals surface area contributed by atoms with E-state index in [0.717, 1.165) is 159 Å². The molecule has 8 aromatic carbocycles. The van der Waals surface area contributed by atoms with E-state index >= 15 is 0 Å². The van der Waals surface area contributed by atoms with Crippen LogP contribution in [-0.2, 0) is 45.4 Å². The van der Waals surface area contributed by atoms with E-state index in [1.54, 1.807) is 26.6 Å². The van der Waals surface area contributed by atoms with Crippen molar-refractivity contribution >= 4 is 46.9 Å². The van der Waals surface area contributed by atoms with E-state index in [4.69, 9.17) is 29.4 Å². The molecule has 4 amide bonds. The molecular formula is C108H110N22O6. The van der Waals surface area contributed by atoms with E-state index in [1.165, 1.54) is 28.6 Å². The number of piperazine rings is 4. The molecule has 0 saturated carbocycles. The van der Waals surface area contributed by atoms with E-state index in [1.807, 2.05) is 263 Å². The molecule has 0 bridgehead atoms. The van der Waals surface area contributed by atoms with Crippen molar-refractivity contribution in [2.45, 2.75) is 53.9 Å². The summed E-state index contributed by atoms with van der Waals surface area (Å²) >= 11 is 0. The predicted octanol–water partition coefficient (Wildman–Crippen LogP) is 15.9. The van der Waals surface area contributed by atoms with Crippen LogP contribution in [0.4, 0.5) is 23.3 Å². The first-order valence-electron chi connectivity index (χ1n) is 46.0. The minimum atomic E-state index is 0.0790. The molecule has 8 aromatic heterocycles. The lowest BCUT2D eigenvalue weighted by Gasteiger charge is -2.35. The van der Waals surface area contributed by atoms with Crippen molar-refractivity contribution in [1.29, 1.82) is 0 Å². The van der Waals surface area contributed by atoms with Gasteiger partial charge in [0.1, 0.15) is 79.0 Å². The van der Waals surface area contributed by atoms with Crippen molar-refractivity contribution in [3.05, 3.63) is 339 Å². The summed E-state index contributed by atoms with van der Waals surface area (Å²) in [6.45, 7) is 20.5. The maximum Gasteiger partial charge on any atom is 0.242 e. The van der Waals surface area contributed by atoms with Gasteiger partial charge in [0, 0.05) is 205 Å². The molecule has 16 aromatic rings. The summed E-state index contributed by atoms with van der Waals surface area (Å²) in [5.74, 6) is 8.42. The van der Waals surface area contributed by atoms with Crippen LogP contribution in [0, 0.1) is 27.7 Å². The fourth-order valence-corrected chi connectivity index (χ4v) is 17.2. The van der Waals surface area contributed by atoms with Gasteiger partial charge in [-0.05, 0) is 82.3 Å². The lowest BCUT2D eigenvalue weighted by molar-refractivity contribution is -0.132. The number of carbonyl (C=O) groups is 4. The number of ether oxygens (including phenoxy) is 2. The maximum absolute atomic E-state index is 13.3. The molecule has 4 aliphatic rings. The van der Waals surface area contributed by atoms with Gasteiger partial charge in [-0.3, -0.25) is 19.2 Å². The van der Waals surface area contributed by atoms with Gasteiger partial charge in [0.2, 0.25) is 29.5 Å². The van der Waals surface area contributed by atoms with E-state index in [2.05, 4.69) is 150 Å². The van der Waals surface area contributed by atoms with Gasteiger partial charge in [0.05, 0.1) is 37.0 Å². The van der Waals surface area contributed by atoms with Crippen LogP contribution in [0.1, 0.15) is 22.3 Å². The molecule has 136 heavy (non-hydrogen) atoms. The van der Waals surface area contributed by atoms with Gasteiger partial charge in [-0.1, -0.05) is 222 Å². The zero-order valence-electron chi connectivity index (χ0n) is 77.5. The van der Waals surface area contributed by atoms with E-state index in [9.17, 15) is 19.2 Å². The van der Waals surface area contributed by atoms with Crippen molar-refractivity contribution in [3.8, 4) is 102 Å². The largest absolute Gasteiger partial charge is 0.497 e. The first-order valence-corrected chi connectivity index (χ1v) is 46.0. The highest BCUT2D eigenvalue weighted by Crippen LogP contribution is 2.33. The molecule has 0 unspecified atom stereocenters. The average Bonchev–Trinajstić information content (AvgIpc) is 1.67. The van der Waals surface area contributed by atoms with Crippen LogP contribution in [0.25, 0.3) is 90.6 Å². The number of pyridine rings is 2. The lowest BCUT2D eigenvalue weighted by atomic mass is 10.1. The van der Waals surface area contributed by atoms with Gasteiger partial charge in [-0.25, -0.2) is 39.9 Å².